The van der Waals surface area contributed by atoms with Crippen molar-refractivity contribution >= 4 is 23.2 Å². The molecule has 1 aliphatic heterocycles. The molecule has 1 heterocycles. The fourth-order valence-electron chi connectivity index (χ4n) is 2.64. The molecule has 0 saturated carbocycles. The molecule has 0 fully saturated rings. The number of hydrogen-bond donors (Lipinski definition) is 2. The lowest BCUT2D eigenvalue weighted by Crippen LogP contribution is -2.46. The predicted octanol–water partition coefficient (Wildman–Crippen LogP) is 2.58. The summed E-state index contributed by atoms with van der Waals surface area (Å²) in [6.45, 7) is 0.432. The van der Waals surface area contributed by atoms with Crippen LogP contribution in [0.15, 0.2) is 42.5 Å². The number of nitrogens with zero attached hydrogens (tertiary/aromatic N) is 1. The van der Waals surface area contributed by atoms with Crippen LogP contribution in [0.4, 0.5) is 5.69 Å². The fourth-order valence-corrected chi connectivity index (χ4v) is 2.84. The van der Waals surface area contributed by atoms with Crippen LogP contribution in [0.25, 0.3) is 0 Å². The van der Waals surface area contributed by atoms with E-state index in [1.165, 1.54) is 18.2 Å². The number of carbonyl (C=O) groups excluding carboxylic acids is 1. The molecule has 1 aliphatic rings. The van der Waals surface area contributed by atoms with E-state index in [4.69, 9.17) is 17.3 Å². The van der Waals surface area contributed by atoms with Crippen molar-refractivity contribution in [2.24, 2.45) is 5.73 Å². The van der Waals surface area contributed by atoms with Gasteiger partial charge in [-0.1, -0.05) is 29.8 Å². The fraction of sp³-hybridized carbons (Fsp3) is 0.188. The Balaban J connectivity index is 2.04. The molecule has 1 unspecified atom stereocenters. The Kier molecular flexibility index (Phi) is 3.57. The van der Waals surface area contributed by atoms with E-state index in [1.54, 1.807) is 4.90 Å². The third kappa shape index (κ3) is 2.60. The van der Waals surface area contributed by atoms with Gasteiger partial charge in [-0.3, -0.25) is 4.79 Å². The monoisotopic (exact) mass is 302 g/mol. The van der Waals surface area contributed by atoms with Gasteiger partial charge < -0.3 is 15.7 Å². The van der Waals surface area contributed by atoms with Gasteiger partial charge in [0.1, 0.15) is 5.75 Å². The number of anilines is 1. The first-order valence-electron chi connectivity index (χ1n) is 6.70. The molecule has 0 aromatic heterocycles. The van der Waals surface area contributed by atoms with E-state index < -0.39 is 0 Å². The third-order valence-corrected chi connectivity index (χ3v) is 3.94. The third-order valence-electron chi connectivity index (χ3n) is 3.61. The maximum absolute atomic E-state index is 12.8. The summed E-state index contributed by atoms with van der Waals surface area (Å²) in [7, 11) is 0. The number of amides is 1. The number of para-hydroxylation sites is 1. The molecule has 21 heavy (non-hydrogen) atoms. The summed E-state index contributed by atoms with van der Waals surface area (Å²) in [6, 6.07) is 11.9. The van der Waals surface area contributed by atoms with Crippen LogP contribution in [0.3, 0.4) is 0 Å². The molecule has 108 valence electrons. The zero-order valence-corrected chi connectivity index (χ0v) is 12.0. The summed E-state index contributed by atoms with van der Waals surface area (Å²) in [5, 5.41) is 9.89. The molecule has 2 aromatic carbocycles. The summed E-state index contributed by atoms with van der Waals surface area (Å²) in [5.74, 6) is -0.240. The molecule has 0 bridgehead atoms. The van der Waals surface area contributed by atoms with Crippen molar-refractivity contribution in [3.05, 3.63) is 58.6 Å². The van der Waals surface area contributed by atoms with Gasteiger partial charge >= 0.3 is 0 Å². The minimum atomic E-state index is -0.251. The summed E-state index contributed by atoms with van der Waals surface area (Å²) in [5.41, 5.74) is 8.22. The standard InChI is InChI=1S/C16H15ClN2O2/c17-14-6-5-12(20)8-13(14)16(21)19-9-11(18)7-10-3-1-2-4-15(10)19/h1-6,8,11,20H,7,9,18H2. The molecule has 4 nitrogen and oxygen atoms in total. The Labute approximate surface area is 127 Å². The maximum Gasteiger partial charge on any atom is 0.259 e. The summed E-state index contributed by atoms with van der Waals surface area (Å²) < 4.78 is 0. The smallest absolute Gasteiger partial charge is 0.259 e. The van der Waals surface area contributed by atoms with Crippen molar-refractivity contribution in [3.8, 4) is 5.75 Å². The second-order valence-electron chi connectivity index (χ2n) is 5.17. The van der Waals surface area contributed by atoms with Gasteiger partial charge in [-0.2, -0.15) is 0 Å². The van der Waals surface area contributed by atoms with Crippen LogP contribution in [0, 0.1) is 0 Å². The Bertz CT molecular complexity index is 702. The topological polar surface area (TPSA) is 66.6 Å². The minimum absolute atomic E-state index is 0.0114. The number of aromatic hydroxyl groups is 1. The SMILES string of the molecule is NC1Cc2ccccc2N(C(=O)c2cc(O)ccc2Cl)C1. The number of carbonyl (C=O) groups is 1. The van der Waals surface area contributed by atoms with Crippen molar-refractivity contribution in [1.82, 2.24) is 0 Å². The molecular weight excluding hydrogens is 288 g/mol. The molecule has 0 spiro atoms. The largest absolute Gasteiger partial charge is 0.508 e. The number of fused-ring (bicyclic) bond motifs is 1. The van der Waals surface area contributed by atoms with E-state index in [0.29, 0.717) is 11.6 Å². The first kappa shape index (κ1) is 13.9. The van der Waals surface area contributed by atoms with Crippen LogP contribution in [-0.4, -0.2) is 23.6 Å². The van der Waals surface area contributed by atoms with Crippen LogP contribution in [0.2, 0.25) is 5.02 Å². The number of hydrogen-bond acceptors (Lipinski definition) is 3. The normalized spacial score (nSPS) is 17.4. The first-order chi connectivity index (χ1) is 10.1. The number of phenolic OH excluding ortho intramolecular Hbond substituents is 1. The molecule has 0 radical (unpaired) electrons. The van der Waals surface area contributed by atoms with Crippen LogP contribution in [0.1, 0.15) is 15.9 Å². The Morgan fingerprint density at radius 3 is 2.86 bits per heavy atom. The highest BCUT2D eigenvalue weighted by Gasteiger charge is 2.28. The maximum atomic E-state index is 12.8. The van der Waals surface area contributed by atoms with Gasteiger partial charge in [-0.15, -0.1) is 0 Å². The number of benzene rings is 2. The van der Waals surface area contributed by atoms with Crippen LogP contribution >= 0.6 is 11.6 Å². The van der Waals surface area contributed by atoms with Crippen molar-refractivity contribution in [2.45, 2.75) is 12.5 Å². The highest BCUT2D eigenvalue weighted by Crippen LogP contribution is 2.30. The highest BCUT2D eigenvalue weighted by molar-refractivity contribution is 6.34. The van der Waals surface area contributed by atoms with Crippen LogP contribution in [-0.2, 0) is 6.42 Å². The summed E-state index contributed by atoms with van der Waals surface area (Å²) >= 11 is 6.08. The number of halogens is 1. The lowest BCUT2D eigenvalue weighted by Gasteiger charge is -2.33. The molecule has 2 aromatic rings. The average molecular weight is 303 g/mol. The Morgan fingerprint density at radius 2 is 2.05 bits per heavy atom. The Hall–Kier alpha value is -2.04. The van der Waals surface area contributed by atoms with Crippen molar-refractivity contribution in [2.75, 3.05) is 11.4 Å². The second-order valence-corrected chi connectivity index (χ2v) is 5.58. The van der Waals surface area contributed by atoms with E-state index in [0.717, 1.165) is 17.7 Å². The molecule has 5 heteroatoms. The lowest BCUT2D eigenvalue weighted by molar-refractivity contribution is 0.0983. The quantitative estimate of drug-likeness (QED) is 0.851. The first-order valence-corrected chi connectivity index (χ1v) is 7.08. The van der Waals surface area contributed by atoms with E-state index in [2.05, 4.69) is 0 Å². The zero-order valence-electron chi connectivity index (χ0n) is 11.3. The average Bonchev–Trinajstić information content (AvgIpc) is 2.48. The van der Waals surface area contributed by atoms with Crippen molar-refractivity contribution in [1.29, 1.82) is 0 Å². The highest BCUT2D eigenvalue weighted by atomic mass is 35.5. The van der Waals surface area contributed by atoms with Gasteiger partial charge in [-0.25, -0.2) is 0 Å². The molecule has 1 atom stereocenters. The van der Waals surface area contributed by atoms with Crippen LogP contribution < -0.4 is 10.6 Å². The second kappa shape index (κ2) is 5.39. The van der Waals surface area contributed by atoms with Gasteiger partial charge in [0, 0.05) is 18.3 Å². The van der Waals surface area contributed by atoms with Gasteiger partial charge in [-0.05, 0) is 36.2 Å². The zero-order chi connectivity index (χ0) is 15.0. The van der Waals surface area contributed by atoms with E-state index >= 15 is 0 Å². The van der Waals surface area contributed by atoms with E-state index in [-0.39, 0.29) is 23.3 Å². The minimum Gasteiger partial charge on any atom is -0.508 e. The predicted molar refractivity (Wildman–Crippen MR) is 82.9 cm³/mol. The molecule has 3 N–H and O–H groups in total. The molecule has 0 aliphatic carbocycles. The van der Waals surface area contributed by atoms with E-state index in [1.807, 2.05) is 24.3 Å². The van der Waals surface area contributed by atoms with Crippen molar-refractivity contribution < 1.29 is 9.90 Å². The van der Waals surface area contributed by atoms with Gasteiger partial charge in [0.25, 0.3) is 5.91 Å². The Morgan fingerprint density at radius 1 is 1.29 bits per heavy atom. The summed E-state index contributed by atoms with van der Waals surface area (Å²) in [6.07, 6.45) is 0.744. The van der Waals surface area contributed by atoms with Gasteiger partial charge in [0.05, 0.1) is 10.6 Å². The molecule has 1 amide bonds. The van der Waals surface area contributed by atoms with Gasteiger partial charge in [0.15, 0.2) is 0 Å². The molecular formula is C16H15ClN2O2. The number of rotatable bonds is 1. The van der Waals surface area contributed by atoms with Crippen molar-refractivity contribution in [3.63, 3.8) is 0 Å². The van der Waals surface area contributed by atoms with E-state index in [9.17, 15) is 9.90 Å². The number of phenols is 1. The molecule has 0 saturated heterocycles. The lowest BCUT2D eigenvalue weighted by atomic mass is 9.97. The molecule has 3 rings (SSSR count). The van der Waals surface area contributed by atoms with Gasteiger partial charge in [0.2, 0.25) is 0 Å². The number of nitrogens with two attached hydrogens (primary N) is 1. The van der Waals surface area contributed by atoms with Crippen LogP contribution in [0.5, 0.6) is 5.75 Å². The summed E-state index contributed by atoms with van der Waals surface area (Å²) in [4.78, 5) is 14.4.